The topological polar surface area (TPSA) is 75.8 Å². The summed E-state index contributed by atoms with van der Waals surface area (Å²) in [5, 5.41) is 4.74. The smallest absolute Gasteiger partial charge is 0.253 e. The van der Waals surface area contributed by atoms with Gasteiger partial charge in [0.1, 0.15) is 13.2 Å². The second-order valence-corrected chi connectivity index (χ2v) is 7.44. The standard InChI is InChI=1S/C20H25N3O4S/c1-2-21-20(28)23(12-15-4-3-5-25-15)11-14-8-13-9-17-18(27-7-6-26-17)10-16(13)22-19(14)24/h8-10,15H,2-7,11-12H2,1H3,(H,21,28)(H,22,24)/t15-/m0/s1. The highest BCUT2D eigenvalue weighted by molar-refractivity contribution is 7.80. The van der Waals surface area contributed by atoms with Crippen LogP contribution in [0.15, 0.2) is 23.0 Å². The first-order valence-corrected chi connectivity index (χ1v) is 10.1. The summed E-state index contributed by atoms with van der Waals surface area (Å²) in [6.45, 7) is 5.66. The summed E-state index contributed by atoms with van der Waals surface area (Å²) in [5.41, 5.74) is 1.26. The van der Waals surface area contributed by atoms with Crippen LogP contribution in [0.5, 0.6) is 11.5 Å². The van der Waals surface area contributed by atoms with Crippen molar-refractivity contribution in [3.63, 3.8) is 0 Å². The summed E-state index contributed by atoms with van der Waals surface area (Å²) >= 11 is 5.54. The van der Waals surface area contributed by atoms with Gasteiger partial charge >= 0.3 is 0 Å². The fourth-order valence-corrected chi connectivity index (χ4v) is 3.91. The van der Waals surface area contributed by atoms with Crippen molar-refractivity contribution in [2.24, 2.45) is 0 Å². The lowest BCUT2D eigenvalue weighted by atomic mass is 10.1. The number of hydrogen-bond acceptors (Lipinski definition) is 5. The molecule has 4 rings (SSSR count). The Hall–Kier alpha value is -2.32. The molecule has 0 amide bonds. The number of pyridine rings is 1. The van der Waals surface area contributed by atoms with Gasteiger partial charge in [-0.05, 0) is 44.1 Å². The molecular formula is C20H25N3O4S. The van der Waals surface area contributed by atoms with E-state index in [1.807, 2.05) is 30.0 Å². The van der Waals surface area contributed by atoms with E-state index in [1.165, 1.54) is 0 Å². The molecule has 1 fully saturated rings. The number of nitrogens with one attached hydrogen (secondary N) is 2. The summed E-state index contributed by atoms with van der Waals surface area (Å²) in [6.07, 6.45) is 2.23. The van der Waals surface area contributed by atoms with E-state index in [9.17, 15) is 4.79 Å². The Balaban J connectivity index is 1.62. The van der Waals surface area contributed by atoms with Crippen molar-refractivity contribution in [3.8, 4) is 11.5 Å². The lowest BCUT2D eigenvalue weighted by Gasteiger charge is -2.28. The molecule has 2 aromatic rings. The Labute approximate surface area is 169 Å². The zero-order chi connectivity index (χ0) is 19.5. The number of benzene rings is 1. The van der Waals surface area contributed by atoms with Crippen molar-refractivity contribution < 1.29 is 14.2 Å². The monoisotopic (exact) mass is 403 g/mol. The number of ether oxygens (including phenoxy) is 3. The minimum Gasteiger partial charge on any atom is -0.486 e. The highest BCUT2D eigenvalue weighted by Crippen LogP contribution is 2.33. The van der Waals surface area contributed by atoms with E-state index in [1.54, 1.807) is 0 Å². The van der Waals surface area contributed by atoms with Crippen molar-refractivity contribution in [1.29, 1.82) is 0 Å². The third kappa shape index (κ3) is 4.07. The number of hydrogen-bond donors (Lipinski definition) is 2. The molecule has 0 saturated carbocycles. The fourth-order valence-electron chi connectivity index (χ4n) is 3.63. The average Bonchev–Trinajstić information content (AvgIpc) is 3.20. The van der Waals surface area contributed by atoms with E-state index in [4.69, 9.17) is 26.4 Å². The Morgan fingerprint density at radius 3 is 2.75 bits per heavy atom. The molecule has 7 nitrogen and oxygen atoms in total. The molecule has 28 heavy (non-hydrogen) atoms. The van der Waals surface area contributed by atoms with Gasteiger partial charge < -0.3 is 29.4 Å². The van der Waals surface area contributed by atoms with Gasteiger partial charge in [0.15, 0.2) is 16.6 Å². The molecule has 3 heterocycles. The van der Waals surface area contributed by atoms with Crippen LogP contribution in [-0.4, -0.2) is 54.0 Å². The predicted octanol–water partition coefficient (Wildman–Crippen LogP) is 2.17. The highest BCUT2D eigenvalue weighted by atomic mass is 32.1. The van der Waals surface area contributed by atoms with E-state index >= 15 is 0 Å². The van der Waals surface area contributed by atoms with Gasteiger partial charge in [0.05, 0.1) is 18.2 Å². The maximum atomic E-state index is 12.7. The minimum atomic E-state index is -0.124. The van der Waals surface area contributed by atoms with Crippen LogP contribution in [0.2, 0.25) is 0 Å². The summed E-state index contributed by atoms with van der Waals surface area (Å²) in [6, 6.07) is 5.64. The van der Waals surface area contributed by atoms with Crippen LogP contribution in [-0.2, 0) is 11.3 Å². The summed E-state index contributed by atoms with van der Waals surface area (Å²) < 4.78 is 17.0. The zero-order valence-electron chi connectivity index (χ0n) is 16.0. The first-order valence-electron chi connectivity index (χ1n) is 9.74. The summed E-state index contributed by atoms with van der Waals surface area (Å²) in [7, 11) is 0. The largest absolute Gasteiger partial charge is 0.486 e. The zero-order valence-corrected chi connectivity index (χ0v) is 16.8. The molecule has 1 saturated heterocycles. The van der Waals surface area contributed by atoms with Crippen LogP contribution >= 0.6 is 12.2 Å². The second kappa shape index (κ2) is 8.36. The van der Waals surface area contributed by atoms with Crippen molar-refractivity contribution in [1.82, 2.24) is 15.2 Å². The van der Waals surface area contributed by atoms with Crippen LogP contribution in [0.4, 0.5) is 0 Å². The lowest BCUT2D eigenvalue weighted by molar-refractivity contribution is 0.0897. The van der Waals surface area contributed by atoms with Crippen molar-refractivity contribution in [3.05, 3.63) is 34.1 Å². The normalized spacial score (nSPS) is 18.2. The van der Waals surface area contributed by atoms with Crippen LogP contribution < -0.4 is 20.3 Å². The number of rotatable bonds is 5. The van der Waals surface area contributed by atoms with Gasteiger partial charge in [-0.2, -0.15) is 0 Å². The van der Waals surface area contributed by atoms with Crippen molar-refractivity contribution >= 4 is 28.2 Å². The number of fused-ring (bicyclic) bond motifs is 2. The number of thiocarbonyl (C=S) groups is 1. The van der Waals surface area contributed by atoms with Crippen LogP contribution in [0.25, 0.3) is 10.9 Å². The summed E-state index contributed by atoms with van der Waals surface area (Å²) in [5.74, 6) is 1.37. The molecule has 1 aromatic carbocycles. The van der Waals surface area contributed by atoms with E-state index in [2.05, 4.69) is 10.3 Å². The van der Waals surface area contributed by atoms with E-state index < -0.39 is 0 Å². The van der Waals surface area contributed by atoms with Gasteiger partial charge in [0.2, 0.25) is 0 Å². The number of nitrogens with zero attached hydrogens (tertiary/aromatic N) is 1. The molecular weight excluding hydrogens is 378 g/mol. The van der Waals surface area contributed by atoms with Crippen molar-refractivity contribution in [2.75, 3.05) is 32.9 Å². The quantitative estimate of drug-likeness (QED) is 0.741. The first-order chi connectivity index (χ1) is 13.6. The Morgan fingerprint density at radius 2 is 2.04 bits per heavy atom. The van der Waals surface area contributed by atoms with Gasteiger partial charge in [0, 0.05) is 36.7 Å². The maximum absolute atomic E-state index is 12.7. The van der Waals surface area contributed by atoms with Gasteiger partial charge in [-0.15, -0.1) is 0 Å². The van der Waals surface area contributed by atoms with E-state index in [0.29, 0.717) is 48.5 Å². The minimum absolute atomic E-state index is 0.124. The van der Waals surface area contributed by atoms with Gasteiger partial charge in [0.25, 0.3) is 5.56 Å². The molecule has 0 spiro atoms. The number of H-pyrrole nitrogens is 1. The molecule has 150 valence electrons. The molecule has 2 aliphatic heterocycles. The van der Waals surface area contributed by atoms with Gasteiger partial charge in [-0.25, -0.2) is 0 Å². The molecule has 0 aliphatic carbocycles. The molecule has 1 aromatic heterocycles. The molecule has 0 radical (unpaired) electrons. The predicted molar refractivity (Wildman–Crippen MR) is 111 cm³/mol. The fraction of sp³-hybridized carbons (Fsp3) is 0.500. The van der Waals surface area contributed by atoms with Crippen LogP contribution in [0, 0.1) is 0 Å². The first kappa shape index (κ1) is 19.0. The average molecular weight is 404 g/mol. The molecule has 2 N–H and O–H groups in total. The van der Waals surface area contributed by atoms with E-state index in [-0.39, 0.29) is 11.7 Å². The number of aromatic nitrogens is 1. The lowest BCUT2D eigenvalue weighted by Crippen LogP contribution is -2.43. The molecule has 1 atom stereocenters. The Morgan fingerprint density at radius 1 is 1.25 bits per heavy atom. The van der Waals surface area contributed by atoms with Crippen molar-refractivity contribution in [2.45, 2.75) is 32.4 Å². The maximum Gasteiger partial charge on any atom is 0.253 e. The molecule has 0 unspecified atom stereocenters. The Kier molecular flexibility index (Phi) is 5.68. The van der Waals surface area contributed by atoms with Gasteiger partial charge in [-0.3, -0.25) is 4.79 Å². The second-order valence-electron chi connectivity index (χ2n) is 7.06. The molecule has 0 bridgehead atoms. The van der Waals surface area contributed by atoms with Gasteiger partial charge in [-0.1, -0.05) is 0 Å². The number of aromatic amines is 1. The molecule has 2 aliphatic rings. The Bertz CT molecular complexity index is 924. The van der Waals surface area contributed by atoms with Crippen LogP contribution in [0.3, 0.4) is 0 Å². The molecule has 8 heteroatoms. The third-order valence-electron chi connectivity index (χ3n) is 5.01. The third-order valence-corrected chi connectivity index (χ3v) is 5.41. The van der Waals surface area contributed by atoms with E-state index in [0.717, 1.165) is 36.9 Å². The highest BCUT2D eigenvalue weighted by Gasteiger charge is 2.22. The SMILES string of the molecule is CCNC(=S)N(Cc1cc2cc3c(cc2[nH]c1=O)OCCO3)C[C@@H]1CCCO1. The summed E-state index contributed by atoms with van der Waals surface area (Å²) in [4.78, 5) is 17.7. The van der Waals surface area contributed by atoms with Crippen LogP contribution in [0.1, 0.15) is 25.3 Å².